The number of amides is 1. The quantitative estimate of drug-likeness (QED) is 0.339. The van der Waals surface area contributed by atoms with Crippen molar-refractivity contribution in [1.29, 1.82) is 5.26 Å². The fraction of sp³-hybridized carbons (Fsp3) is 0.0870. The van der Waals surface area contributed by atoms with Crippen LogP contribution in [0.1, 0.15) is 27.3 Å². The summed E-state index contributed by atoms with van der Waals surface area (Å²) in [6.07, 6.45) is 1.47. The van der Waals surface area contributed by atoms with Gasteiger partial charge in [-0.05, 0) is 68.0 Å². The number of hydrogen-bond donors (Lipinski definition) is 3. The van der Waals surface area contributed by atoms with Gasteiger partial charge in [0.2, 0.25) is 0 Å². The molecular formula is C23H19N3O4. The van der Waals surface area contributed by atoms with Crippen molar-refractivity contribution in [2.75, 3.05) is 5.32 Å². The molecule has 2 aromatic carbocycles. The number of carboxylic acids is 1. The summed E-state index contributed by atoms with van der Waals surface area (Å²) in [5, 5.41) is 30.9. The van der Waals surface area contributed by atoms with Crippen molar-refractivity contribution < 1.29 is 19.8 Å². The third-order valence-electron chi connectivity index (χ3n) is 4.64. The SMILES string of the molecule is Cc1cc(C=C(C#N)C(=O)Nc2ccc(O)cc2)c(C)n1-c1ccccc1C(=O)O. The molecule has 150 valence electrons. The summed E-state index contributed by atoms with van der Waals surface area (Å²) in [5.41, 5.74) is 3.10. The average molecular weight is 401 g/mol. The van der Waals surface area contributed by atoms with Crippen molar-refractivity contribution in [3.63, 3.8) is 0 Å². The van der Waals surface area contributed by atoms with Crippen LogP contribution in [-0.2, 0) is 4.79 Å². The van der Waals surface area contributed by atoms with Crippen LogP contribution in [0.2, 0.25) is 0 Å². The molecule has 30 heavy (non-hydrogen) atoms. The number of benzene rings is 2. The van der Waals surface area contributed by atoms with E-state index in [9.17, 15) is 25.1 Å². The molecular weight excluding hydrogens is 382 g/mol. The maximum atomic E-state index is 12.5. The number of carboxylic acid groups (broad SMARTS) is 1. The fourth-order valence-electron chi connectivity index (χ4n) is 3.20. The number of rotatable bonds is 5. The molecule has 3 N–H and O–H groups in total. The number of aromatic carboxylic acids is 1. The first-order valence-electron chi connectivity index (χ1n) is 9.05. The summed E-state index contributed by atoms with van der Waals surface area (Å²) in [4.78, 5) is 24.1. The number of nitrogens with one attached hydrogen (secondary N) is 1. The van der Waals surface area contributed by atoms with E-state index in [0.29, 0.717) is 22.6 Å². The van der Waals surface area contributed by atoms with E-state index in [4.69, 9.17) is 0 Å². The molecule has 0 aliphatic carbocycles. The van der Waals surface area contributed by atoms with Gasteiger partial charge < -0.3 is 20.1 Å². The first-order valence-corrected chi connectivity index (χ1v) is 9.05. The first-order chi connectivity index (χ1) is 14.3. The van der Waals surface area contributed by atoms with E-state index in [1.165, 1.54) is 36.4 Å². The highest BCUT2D eigenvalue weighted by molar-refractivity contribution is 6.09. The minimum absolute atomic E-state index is 0.0677. The Morgan fingerprint density at radius 2 is 1.77 bits per heavy atom. The normalized spacial score (nSPS) is 11.0. The molecule has 1 aromatic heterocycles. The molecule has 1 heterocycles. The van der Waals surface area contributed by atoms with Crippen LogP contribution < -0.4 is 5.32 Å². The number of aromatic nitrogens is 1. The van der Waals surface area contributed by atoms with Crippen LogP contribution in [0.4, 0.5) is 5.69 Å². The Labute approximate surface area is 173 Å². The summed E-state index contributed by atoms with van der Waals surface area (Å²) in [5.74, 6) is -1.56. The van der Waals surface area contributed by atoms with Gasteiger partial charge in [-0.3, -0.25) is 4.79 Å². The number of nitriles is 1. The van der Waals surface area contributed by atoms with Crippen molar-refractivity contribution >= 4 is 23.6 Å². The van der Waals surface area contributed by atoms with Gasteiger partial charge in [-0.2, -0.15) is 5.26 Å². The standard InChI is InChI=1S/C23H19N3O4/c1-14-11-16(15(2)26(14)21-6-4-3-5-20(21)23(29)30)12-17(13-24)22(28)25-18-7-9-19(27)10-8-18/h3-12,27H,1-2H3,(H,25,28)(H,29,30). The average Bonchev–Trinajstić information content (AvgIpc) is 3.00. The maximum Gasteiger partial charge on any atom is 0.337 e. The van der Waals surface area contributed by atoms with Crippen molar-refractivity contribution in [2.24, 2.45) is 0 Å². The molecule has 0 aliphatic rings. The van der Waals surface area contributed by atoms with Gasteiger partial charge in [0.1, 0.15) is 17.4 Å². The smallest absolute Gasteiger partial charge is 0.337 e. The number of carbonyl (C=O) groups excluding carboxylic acids is 1. The number of nitrogens with zero attached hydrogens (tertiary/aromatic N) is 2. The molecule has 0 unspecified atom stereocenters. The van der Waals surface area contributed by atoms with Gasteiger partial charge in [0.05, 0.1) is 11.3 Å². The number of hydrogen-bond acceptors (Lipinski definition) is 4. The van der Waals surface area contributed by atoms with E-state index in [1.54, 1.807) is 35.8 Å². The minimum atomic E-state index is -1.04. The van der Waals surface area contributed by atoms with E-state index in [-0.39, 0.29) is 16.9 Å². The number of carbonyl (C=O) groups is 2. The molecule has 3 rings (SSSR count). The molecule has 0 atom stereocenters. The van der Waals surface area contributed by atoms with Crippen LogP contribution in [0.3, 0.4) is 0 Å². The molecule has 7 nitrogen and oxygen atoms in total. The third-order valence-corrected chi connectivity index (χ3v) is 4.64. The minimum Gasteiger partial charge on any atom is -0.508 e. The Kier molecular flexibility index (Phi) is 5.70. The second-order valence-corrected chi connectivity index (χ2v) is 6.65. The Bertz CT molecular complexity index is 1200. The lowest BCUT2D eigenvalue weighted by molar-refractivity contribution is -0.112. The molecule has 0 saturated carbocycles. The van der Waals surface area contributed by atoms with Gasteiger partial charge in [-0.25, -0.2) is 4.79 Å². The molecule has 0 aliphatic heterocycles. The van der Waals surface area contributed by atoms with Crippen molar-refractivity contribution in [1.82, 2.24) is 4.57 Å². The van der Waals surface area contributed by atoms with E-state index in [0.717, 1.165) is 5.69 Å². The van der Waals surface area contributed by atoms with Crippen LogP contribution in [0.25, 0.3) is 11.8 Å². The second kappa shape index (κ2) is 8.37. The predicted octanol–water partition coefficient (Wildman–Crippen LogP) is 4.04. The number of anilines is 1. The summed E-state index contributed by atoms with van der Waals surface area (Å²) in [6.45, 7) is 3.62. The van der Waals surface area contributed by atoms with Gasteiger partial charge >= 0.3 is 5.97 Å². The lowest BCUT2D eigenvalue weighted by Crippen LogP contribution is -2.13. The molecule has 0 fully saturated rings. The topological polar surface area (TPSA) is 115 Å². The van der Waals surface area contributed by atoms with Gasteiger partial charge in [0.25, 0.3) is 5.91 Å². The second-order valence-electron chi connectivity index (χ2n) is 6.65. The maximum absolute atomic E-state index is 12.5. The van der Waals surface area contributed by atoms with Crippen molar-refractivity contribution in [3.8, 4) is 17.5 Å². The summed E-state index contributed by atoms with van der Waals surface area (Å²) in [7, 11) is 0. The summed E-state index contributed by atoms with van der Waals surface area (Å²) < 4.78 is 1.78. The van der Waals surface area contributed by atoms with Gasteiger partial charge in [0.15, 0.2) is 0 Å². The zero-order chi connectivity index (χ0) is 21.8. The largest absolute Gasteiger partial charge is 0.508 e. The highest BCUT2D eigenvalue weighted by Crippen LogP contribution is 2.25. The highest BCUT2D eigenvalue weighted by atomic mass is 16.4. The Balaban J connectivity index is 1.98. The van der Waals surface area contributed by atoms with Crippen LogP contribution in [0, 0.1) is 25.2 Å². The third kappa shape index (κ3) is 4.08. The van der Waals surface area contributed by atoms with Crippen molar-refractivity contribution in [3.05, 3.63) is 82.7 Å². The van der Waals surface area contributed by atoms with E-state index in [2.05, 4.69) is 5.32 Å². The number of aromatic hydroxyl groups is 1. The van der Waals surface area contributed by atoms with E-state index < -0.39 is 11.9 Å². The van der Waals surface area contributed by atoms with E-state index >= 15 is 0 Å². The summed E-state index contributed by atoms with van der Waals surface area (Å²) in [6, 6.07) is 16.2. The predicted molar refractivity (Wildman–Crippen MR) is 113 cm³/mol. The molecule has 3 aromatic rings. The molecule has 0 saturated heterocycles. The number of aryl methyl sites for hydroxylation is 1. The summed E-state index contributed by atoms with van der Waals surface area (Å²) >= 11 is 0. The number of phenolic OH excluding ortho intramolecular Hbond substituents is 1. The zero-order valence-electron chi connectivity index (χ0n) is 16.4. The van der Waals surface area contributed by atoms with Crippen molar-refractivity contribution in [2.45, 2.75) is 13.8 Å². The van der Waals surface area contributed by atoms with Crippen LogP contribution >= 0.6 is 0 Å². The molecule has 0 radical (unpaired) electrons. The van der Waals surface area contributed by atoms with Gasteiger partial charge in [-0.1, -0.05) is 12.1 Å². The molecule has 0 bridgehead atoms. The van der Waals surface area contributed by atoms with E-state index in [1.807, 2.05) is 13.0 Å². The Morgan fingerprint density at radius 1 is 1.10 bits per heavy atom. The Morgan fingerprint density at radius 3 is 2.40 bits per heavy atom. The molecule has 0 spiro atoms. The van der Waals surface area contributed by atoms with Gasteiger partial charge in [0, 0.05) is 17.1 Å². The van der Waals surface area contributed by atoms with Gasteiger partial charge in [-0.15, -0.1) is 0 Å². The Hall–Kier alpha value is -4.31. The number of para-hydroxylation sites is 1. The number of phenols is 1. The fourth-order valence-corrected chi connectivity index (χ4v) is 3.20. The molecule has 7 heteroatoms. The van der Waals surface area contributed by atoms with Crippen LogP contribution in [0.15, 0.2) is 60.2 Å². The van der Waals surface area contributed by atoms with Crippen LogP contribution in [0.5, 0.6) is 5.75 Å². The first kappa shape index (κ1) is 20.4. The monoisotopic (exact) mass is 401 g/mol. The lowest BCUT2D eigenvalue weighted by Gasteiger charge is -2.12. The van der Waals surface area contributed by atoms with Crippen LogP contribution in [-0.4, -0.2) is 26.7 Å². The lowest BCUT2D eigenvalue weighted by atomic mass is 10.1. The highest BCUT2D eigenvalue weighted by Gasteiger charge is 2.17. The molecule has 1 amide bonds. The zero-order valence-corrected chi connectivity index (χ0v) is 16.4.